The second-order valence-corrected chi connectivity index (χ2v) is 8.68. The Kier molecular flexibility index (Phi) is 3.43. The maximum atomic E-state index is 13.1. The van der Waals surface area contributed by atoms with Crippen molar-refractivity contribution in [3.63, 3.8) is 0 Å². The summed E-state index contributed by atoms with van der Waals surface area (Å²) in [4.78, 5) is 40.3. The van der Waals surface area contributed by atoms with Gasteiger partial charge < -0.3 is 5.32 Å². The van der Waals surface area contributed by atoms with Gasteiger partial charge >= 0.3 is 0 Å². The van der Waals surface area contributed by atoms with E-state index < -0.39 is 6.04 Å². The molecule has 5 nitrogen and oxygen atoms in total. The third-order valence-corrected chi connectivity index (χ3v) is 7.10. The summed E-state index contributed by atoms with van der Waals surface area (Å²) >= 11 is 0. The topological polar surface area (TPSA) is 66.5 Å². The van der Waals surface area contributed by atoms with E-state index in [1.165, 1.54) is 4.90 Å². The van der Waals surface area contributed by atoms with Crippen LogP contribution in [0.1, 0.15) is 24.5 Å². The van der Waals surface area contributed by atoms with Gasteiger partial charge in [-0.3, -0.25) is 19.3 Å². The van der Waals surface area contributed by atoms with Gasteiger partial charge in [0.2, 0.25) is 17.7 Å². The minimum atomic E-state index is -0.799. The van der Waals surface area contributed by atoms with Crippen LogP contribution >= 0.6 is 0 Å². The molecule has 0 unspecified atom stereocenters. The summed E-state index contributed by atoms with van der Waals surface area (Å²) in [5.41, 5.74) is 2.80. The van der Waals surface area contributed by atoms with Gasteiger partial charge in [-0.05, 0) is 62.5 Å². The average Bonchev–Trinajstić information content (AvgIpc) is 3.41. The smallest absolute Gasteiger partial charge is 0.247 e. The van der Waals surface area contributed by atoms with Crippen LogP contribution in [-0.4, -0.2) is 28.7 Å². The Morgan fingerprint density at radius 3 is 2.22 bits per heavy atom. The molecule has 1 aromatic rings. The molecule has 0 spiro atoms. The molecule has 6 rings (SSSR count). The number of amides is 3. The lowest BCUT2D eigenvalue weighted by Crippen LogP contribution is -2.46. The van der Waals surface area contributed by atoms with Crippen molar-refractivity contribution >= 4 is 23.4 Å². The first kappa shape index (κ1) is 16.7. The number of carbonyl (C=O) groups excluding carboxylic acids is 3. The predicted octanol–water partition coefficient (Wildman–Crippen LogP) is 2.68. The molecule has 27 heavy (non-hydrogen) atoms. The molecule has 2 saturated carbocycles. The van der Waals surface area contributed by atoms with Crippen LogP contribution < -0.4 is 5.32 Å². The van der Waals surface area contributed by atoms with E-state index in [2.05, 4.69) is 17.5 Å². The molecule has 1 N–H and O–H groups in total. The molecule has 2 bridgehead atoms. The van der Waals surface area contributed by atoms with Gasteiger partial charge in [0.25, 0.3) is 0 Å². The van der Waals surface area contributed by atoms with E-state index in [-0.39, 0.29) is 41.4 Å². The SMILES string of the molecule is Cc1ccc(NC(=O)[C@H](C)N2C(=O)[C@@H]3[C@H]4C=C[C@@H]([C@@H]5C[C@@H]45)[C@@H]3C2=O)c(C)c1. The van der Waals surface area contributed by atoms with Gasteiger partial charge in [-0.25, -0.2) is 0 Å². The molecule has 1 heterocycles. The summed E-state index contributed by atoms with van der Waals surface area (Å²) in [6, 6.07) is 4.99. The Morgan fingerprint density at radius 1 is 1.07 bits per heavy atom. The molecule has 5 aliphatic rings. The highest BCUT2D eigenvalue weighted by Crippen LogP contribution is 2.65. The number of rotatable bonds is 3. The quantitative estimate of drug-likeness (QED) is 0.662. The summed E-state index contributed by atoms with van der Waals surface area (Å²) in [5, 5.41) is 2.89. The van der Waals surface area contributed by atoms with Crippen LogP contribution in [0.4, 0.5) is 5.69 Å². The van der Waals surface area contributed by atoms with Gasteiger partial charge in [-0.15, -0.1) is 0 Å². The van der Waals surface area contributed by atoms with Crippen LogP contribution in [0.25, 0.3) is 0 Å². The Bertz CT molecular complexity index is 869. The molecule has 3 amide bonds. The lowest BCUT2D eigenvalue weighted by molar-refractivity contribution is -0.146. The molecule has 0 radical (unpaired) electrons. The highest BCUT2D eigenvalue weighted by molar-refractivity contribution is 6.10. The number of benzene rings is 1. The Morgan fingerprint density at radius 2 is 1.67 bits per heavy atom. The number of nitrogens with zero attached hydrogens (tertiary/aromatic N) is 1. The van der Waals surface area contributed by atoms with Crippen LogP contribution in [0.5, 0.6) is 0 Å². The van der Waals surface area contributed by atoms with Crippen molar-refractivity contribution in [1.29, 1.82) is 0 Å². The minimum absolute atomic E-state index is 0.155. The number of hydrogen-bond donors (Lipinski definition) is 1. The zero-order chi connectivity index (χ0) is 19.0. The number of allylic oxidation sites excluding steroid dienone is 2. The maximum absolute atomic E-state index is 13.1. The fraction of sp³-hybridized carbons (Fsp3) is 0.500. The van der Waals surface area contributed by atoms with Gasteiger partial charge in [0, 0.05) is 5.69 Å². The summed E-state index contributed by atoms with van der Waals surface area (Å²) in [6.45, 7) is 5.59. The van der Waals surface area contributed by atoms with Crippen molar-refractivity contribution in [2.24, 2.45) is 35.5 Å². The molecule has 3 fully saturated rings. The Balaban J connectivity index is 1.38. The fourth-order valence-electron chi connectivity index (χ4n) is 5.67. The second kappa shape index (κ2) is 5.54. The molecular weight excluding hydrogens is 340 g/mol. The molecule has 5 heteroatoms. The van der Waals surface area contributed by atoms with Crippen LogP contribution in [0.15, 0.2) is 30.4 Å². The monoisotopic (exact) mass is 364 g/mol. The highest BCUT2D eigenvalue weighted by Gasteiger charge is 2.67. The molecule has 1 aromatic carbocycles. The van der Waals surface area contributed by atoms with Gasteiger partial charge in [0.1, 0.15) is 6.04 Å². The first-order chi connectivity index (χ1) is 12.9. The van der Waals surface area contributed by atoms with Crippen LogP contribution in [-0.2, 0) is 14.4 Å². The second-order valence-electron chi connectivity index (χ2n) is 8.68. The number of imide groups is 1. The van der Waals surface area contributed by atoms with Crippen LogP contribution in [0, 0.1) is 49.4 Å². The van der Waals surface area contributed by atoms with E-state index >= 15 is 0 Å². The predicted molar refractivity (Wildman–Crippen MR) is 101 cm³/mol. The van der Waals surface area contributed by atoms with E-state index in [9.17, 15) is 14.4 Å². The number of carbonyl (C=O) groups is 3. The standard InChI is InChI=1S/C22H24N2O3/c1-10-4-7-17(11(2)8-10)23-20(25)12(3)24-21(26)18-13-5-6-14(16-9-15(13)16)19(18)22(24)27/h4-8,12-16,18-19H,9H2,1-3H3,(H,23,25)/t12-,13-,14-,15-,16-,18-,19+/m0/s1. The van der Waals surface area contributed by atoms with Gasteiger partial charge in [-0.1, -0.05) is 29.8 Å². The lowest BCUT2D eigenvalue weighted by atomic mass is 9.63. The van der Waals surface area contributed by atoms with E-state index in [1.807, 2.05) is 32.0 Å². The van der Waals surface area contributed by atoms with Crippen molar-refractivity contribution in [2.75, 3.05) is 5.32 Å². The number of aryl methyl sites for hydroxylation is 2. The highest BCUT2D eigenvalue weighted by atomic mass is 16.2. The zero-order valence-electron chi connectivity index (χ0n) is 15.8. The fourth-order valence-corrected chi connectivity index (χ4v) is 5.67. The van der Waals surface area contributed by atoms with Gasteiger partial charge in [0.15, 0.2) is 0 Å². The third kappa shape index (κ3) is 2.27. The number of nitrogens with one attached hydrogen (secondary N) is 1. The molecule has 140 valence electrons. The van der Waals surface area contributed by atoms with Crippen molar-refractivity contribution in [1.82, 2.24) is 4.90 Å². The molecular formula is C22H24N2O3. The van der Waals surface area contributed by atoms with Crippen molar-refractivity contribution in [2.45, 2.75) is 33.2 Å². The summed E-state index contributed by atoms with van der Waals surface area (Å²) in [6.07, 6.45) is 5.43. The molecule has 7 atom stereocenters. The normalized spacial score (nSPS) is 36.5. The van der Waals surface area contributed by atoms with Gasteiger partial charge in [0.05, 0.1) is 11.8 Å². The van der Waals surface area contributed by atoms with Crippen LogP contribution in [0.3, 0.4) is 0 Å². The number of hydrogen-bond acceptors (Lipinski definition) is 3. The van der Waals surface area contributed by atoms with Crippen molar-refractivity contribution in [3.05, 3.63) is 41.5 Å². The summed E-state index contributed by atoms with van der Waals surface area (Å²) in [5.74, 6) is 0.362. The van der Waals surface area contributed by atoms with E-state index in [4.69, 9.17) is 0 Å². The number of likely N-dealkylation sites (tertiary alicyclic amines) is 1. The summed E-state index contributed by atoms with van der Waals surface area (Å²) in [7, 11) is 0. The number of anilines is 1. The van der Waals surface area contributed by atoms with E-state index in [0.29, 0.717) is 11.8 Å². The largest absolute Gasteiger partial charge is 0.324 e. The maximum Gasteiger partial charge on any atom is 0.247 e. The van der Waals surface area contributed by atoms with Crippen molar-refractivity contribution < 1.29 is 14.4 Å². The molecule has 0 aromatic heterocycles. The first-order valence-corrected chi connectivity index (χ1v) is 9.82. The average molecular weight is 364 g/mol. The molecule has 4 aliphatic carbocycles. The Labute approximate surface area is 158 Å². The van der Waals surface area contributed by atoms with Crippen LogP contribution in [0.2, 0.25) is 0 Å². The van der Waals surface area contributed by atoms with Gasteiger partial charge in [-0.2, -0.15) is 0 Å². The third-order valence-electron chi connectivity index (χ3n) is 7.10. The Hall–Kier alpha value is -2.43. The van der Waals surface area contributed by atoms with E-state index in [1.54, 1.807) is 6.92 Å². The first-order valence-electron chi connectivity index (χ1n) is 9.82. The zero-order valence-corrected chi connectivity index (χ0v) is 15.8. The molecule has 1 aliphatic heterocycles. The van der Waals surface area contributed by atoms with Crippen molar-refractivity contribution in [3.8, 4) is 0 Å². The minimum Gasteiger partial charge on any atom is -0.324 e. The summed E-state index contributed by atoms with van der Waals surface area (Å²) < 4.78 is 0. The molecule has 1 saturated heterocycles. The van der Waals surface area contributed by atoms with E-state index in [0.717, 1.165) is 23.2 Å². The lowest BCUT2D eigenvalue weighted by Gasteiger charge is -2.37.